The zero-order valence-corrected chi connectivity index (χ0v) is 18.2. The van der Waals surface area contributed by atoms with Gasteiger partial charge in [0, 0.05) is 19.1 Å². The van der Waals surface area contributed by atoms with Crippen LogP contribution in [0.4, 0.5) is 15.3 Å². The molecule has 4 rings (SSSR count). The maximum absolute atomic E-state index is 12.8. The van der Waals surface area contributed by atoms with Gasteiger partial charge >= 0.3 is 18.1 Å². The van der Waals surface area contributed by atoms with Crippen LogP contribution in [-0.4, -0.2) is 60.2 Å². The second kappa shape index (κ2) is 9.30. The first kappa shape index (κ1) is 21.7. The summed E-state index contributed by atoms with van der Waals surface area (Å²) >= 11 is 0. The first-order valence-electron chi connectivity index (χ1n) is 10.8. The molecular formula is C24H27N3O5. The predicted molar refractivity (Wildman–Crippen MR) is 118 cm³/mol. The molecule has 0 aliphatic carbocycles. The molecule has 8 nitrogen and oxygen atoms in total. The van der Waals surface area contributed by atoms with E-state index in [0.717, 1.165) is 5.56 Å². The first-order chi connectivity index (χ1) is 15.5. The Balaban J connectivity index is 1.37. The first-order valence-corrected chi connectivity index (χ1v) is 10.8. The van der Waals surface area contributed by atoms with Gasteiger partial charge in [0.25, 0.3) is 0 Å². The highest BCUT2D eigenvalue weighted by Gasteiger charge is 2.44. The van der Waals surface area contributed by atoms with Gasteiger partial charge in [-0.2, -0.15) is 0 Å². The lowest BCUT2D eigenvalue weighted by Gasteiger charge is -2.37. The van der Waals surface area contributed by atoms with Crippen molar-refractivity contribution in [3.8, 4) is 0 Å². The molecule has 0 spiro atoms. The number of hydrogen-bond donors (Lipinski definition) is 1. The Morgan fingerprint density at radius 1 is 1.03 bits per heavy atom. The van der Waals surface area contributed by atoms with E-state index in [4.69, 9.17) is 9.47 Å². The van der Waals surface area contributed by atoms with Gasteiger partial charge in [0.15, 0.2) is 0 Å². The van der Waals surface area contributed by atoms with Crippen LogP contribution in [0.15, 0.2) is 54.6 Å². The number of urea groups is 1. The number of likely N-dealkylation sites (tertiary alicyclic amines) is 1. The van der Waals surface area contributed by atoms with Crippen LogP contribution < -0.4 is 5.32 Å². The van der Waals surface area contributed by atoms with Gasteiger partial charge in [-0.3, -0.25) is 4.90 Å². The lowest BCUT2D eigenvalue weighted by Crippen LogP contribution is -2.50. The van der Waals surface area contributed by atoms with E-state index in [9.17, 15) is 14.4 Å². The molecule has 2 aliphatic heterocycles. The molecular weight excluding hydrogens is 410 g/mol. The number of nitrogens with zero attached hydrogens (tertiary/aromatic N) is 2. The number of carbonyl (C=O) groups is 3. The highest BCUT2D eigenvalue weighted by molar-refractivity contribution is 6.00. The van der Waals surface area contributed by atoms with Crippen molar-refractivity contribution >= 4 is 23.8 Å². The maximum Gasteiger partial charge on any atom is 0.411 e. The Labute approximate surface area is 187 Å². The standard InChI is InChI=1S/C24H27N3O5/c1-16-21(17-8-4-3-5-9-17)32-24(30)27(16)18-12-14-26(15-13-18)23(29)25-20-11-7-6-10-19(20)22(28)31-2/h3-11,16,18,21H,12-15H2,1-2H3,(H,25,29). The SMILES string of the molecule is COC(=O)c1ccccc1NC(=O)N1CCC(N2C(=O)OC(c3ccccc3)C2C)CC1. The Kier molecular flexibility index (Phi) is 6.30. The van der Waals surface area contributed by atoms with Crippen molar-refractivity contribution in [3.05, 3.63) is 65.7 Å². The van der Waals surface area contributed by atoms with Gasteiger partial charge in [-0.05, 0) is 37.5 Å². The van der Waals surface area contributed by atoms with E-state index in [0.29, 0.717) is 37.2 Å². The number of ether oxygens (including phenoxy) is 2. The predicted octanol–water partition coefficient (Wildman–Crippen LogP) is 4.05. The fourth-order valence-electron chi connectivity index (χ4n) is 4.47. The molecule has 1 N–H and O–H groups in total. The maximum atomic E-state index is 12.8. The number of hydrogen-bond acceptors (Lipinski definition) is 5. The fraction of sp³-hybridized carbons (Fsp3) is 0.375. The van der Waals surface area contributed by atoms with Crippen LogP contribution in [0.5, 0.6) is 0 Å². The summed E-state index contributed by atoms with van der Waals surface area (Å²) < 4.78 is 10.5. The molecule has 3 amide bonds. The van der Waals surface area contributed by atoms with E-state index in [1.807, 2.05) is 42.2 Å². The van der Waals surface area contributed by atoms with Crippen molar-refractivity contribution in [2.24, 2.45) is 0 Å². The summed E-state index contributed by atoms with van der Waals surface area (Å²) in [6.45, 7) is 3.01. The Morgan fingerprint density at radius 3 is 2.38 bits per heavy atom. The van der Waals surface area contributed by atoms with Gasteiger partial charge in [-0.15, -0.1) is 0 Å². The second-order valence-corrected chi connectivity index (χ2v) is 8.05. The number of piperidine rings is 1. The van der Waals surface area contributed by atoms with Crippen LogP contribution in [0, 0.1) is 0 Å². The summed E-state index contributed by atoms with van der Waals surface area (Å²) in [5, 5.41) is 2.81. The number of rotatable bonds is 4. The van der Waals surface area contributed by atoms with Crippen molar-refractivity contribution < 1.29 is 23.9 Å². The van der Waals surface area contributed by atoms with Gasteiger partial charge in [-0.1, -0.05) is 42.5 Å². The molecule has 0 aromatic heterocycles. The molecule has 2 heterocycles. The Bertz CT molecular complexity index is 988. The van der Waals surface area contributed by atoms with Crippen molar-refractivity contribution in [2.75, 3.05) is 25.5 Å². The molecule has 0 radical (unpaired) electrons. The Morgan fingerprint density at radius 2 is 1.69 bits per heavy atom. The van der Waals surface area contributed by atoms with E-state index in [1.165, 1.54) is 7.11 Å². The van der Waals surface area contributed by atoms with E-state index in [2.05, 4.69) is 5.32 Å². The fourth-order valence-corrected chi connectivity index (χ4v) is 4.47. The molecule has 0 bridgehead atoms. The third kappa shape index (κ3) is 4.26. The van der Waals surface area contributed by atoms with E-state index < -0.39 is 5.97 Å². The number of para-hydroxylation sites is 1. The van der Waals surface area contributed by atoms with Crippen LogP contribution in [0.25, 0.3) is 0 Å². The van der Waals surface area contributed by atoms with Crippen molar-refractivity contribution in [2.45, 2.75) is 38.0 Å². The minimum absolute atomic E-state index is 0.0117. The smallest absolute Gasteiger partial charge is 0.411 e. The van der Waals surface area contributed by atoms with Crippen LogP contribution >= 0.6 is 0 Å². The monoisotopic (exact) mass is 437 g/mol. The second-order valence-electron chi connectivity index (χ2n) is 8.05. The van der Waals surface area contributed by atoms with Gasteiger partial charge in [-0.25, -0.2) is 14.4 Å². The lowest BCUT2D eigenvalue weighted by atomic mass is 9.98. The summed E-state index contributed by atoms with van der Waals surface area (Å²) in [6, 6.07) is 16.1. The summed E-state index contributed by atoms with van der Waals surface area (Å²) in [4.78, 5) is 40.9. The molecule has 2 aliphatic rings. The summed E-state index contributed by atoms with van der Waals surface area (Å²) in [6.07, 6.45) is 0.723. The highest BCUT2D eigenvalue weighted by Crippen LogP contribution is 2.35. The van der Waals surface area contributed by atoms with Crippen LogP contribution in [0.2, 0.25) is 0 Å². The zero-order valence-electron chi connectivity index (χ0n) is 18.2. The van der Waals surface area contributed by atoms with Gasteiger partial charge in [0.05, 0.1) is 24.4 Å². The normalized spacial score (nSPS) is 21.2. The van der Waals surface area contributed by atoms with Crippen molar-refractivity contribution in [1.82, 2.24) is 9.80 Å². The van der Waals surface area contributed by atoms with Gasteiger partial charge in [0.2, 0.25) is 0 Å². The number of benzene rings is 2. The minimum Gasteiger partial charge on any atom is -0.465 e. The summed E-state index contributed by atoms with van der Waals surface area (Å²) in [5.74, 6) is -0.505. The molecule has 2 aromatic rings. The number of nitrogens with one attached hydrogen (secondary N) is 1. The molecule has 2 fully saturated rings. The third-order valence-electron chi connectivity index (χ3n) is 6.16. The topological polar surface area (TPSA) is 88.2 Å². The van der Waals surface area contributed by atoms with E-state index in [-0.39, 0.29) is 30.3 Å². The molecule has 32 heavy (non-hydrogen) atoms. The number of esters is 1. The number of cyclic esters (lactones) is 1. The van der Waals surface area contributed by atoms with Gasteiger partial charge in [0.1, 0.15) is 6.10 Å². The number of carbonyl (C=O) groups excluding carboxylic acids is 3. The average Bonchev–Trinajstić information content (AvgIpc) is 3.13. The zero-order chi connectivity index (χ0) is 22.7. The van der Waals surface area contributed by atoms with Crippen LogP contribution in [-0.2, 0) is 9.47 Å². The molecule has 2 unspecified atom stereocenters. The van der Waals surface area contributed by atoms with Gasteiger partial charge < -0.3 is 19.7 Å². The quantitative estimate of drug-likeness (QED) is 0.729. The molecule has 168 valence electrons. The lowest BCUT2D eigenvalue weighted by molar-refractivity contribution is 0.0602. The van der Waals surface area contributed by atoms with Crippen molar-refractivity contribution in [3.63, 3.8) is 0 Å². The number of amides is 3. The molecule has 2 aromatic carbocycles. The highest BCUT2D eigenvalue weighted by atomic mass is 16.6. The molecule has 2 saturated heterocycles. The molecule has 8 heteroatoms. The average molecular weight is 437 g/mol. The Hall–Kier alpha value is -3.55. The van der Waals surface area contributed by atoms with E-state index in [1.54, 1.807) is 29.2 Å². The van der Waals surface area contributed by atoms with E-state index >= 15 is 0 Å². The largest absolute Gasteiger partial charge is 0.465 e. The molecule has 0 saturated carbocycles. The number of methoxy groups -OCH3 is 1. The minimum atomic E-state index is -0.505. The van der Waals surface area contributed by atoms with Crippen LogP contribution in [0.3, 0.4) is 0 Å². The summed E-state index contributed by atoms with van der Waals surface area (Å²) in [5.41, 5.74) is 1.70. The number of anilines is 1. The summed E-state index contributed by atoms with van der Waals surface area (Å²) in [7, 11) is 1.30. The third-order valence-corrected chi connectivity index (χ3v) is 6.16. The molecule has 2 atom stereocenters. The van der Waals surface area contributed by atoms with Crippen molar-refractivity contribution in [1.29, 1.82) is 0 Å². The van der Waals surface area contributed by atoms with Crippen LogP contribution in [0.1, 0.15) is 41.8 Å².